The van der Waals surface area contributed by atoms with Crippen molar-refractivity contribution in [1.82, 2.24) is 4.57 Å². The first-order valence-electron chi connectivity index (χ1n) is 25.9. The number of benzene rings is 12. The van der Waals surface area contributed by atoms with Crippen LogP contribution in [0, 0.1) is 0 Å². The van der Waals surface area contributed by atoms with Gasteiger partial charge < -0.3 is 9.47 Å². The summed E-state index contributed by atoms with van der Waals surface area (Å²) in [5.41, 5.74) is 23.4. The standard InChI is InChI=1S/C73H50N2/c1-6-22-51(23-7-1)63-46-43-59(49-68(63)52-24-8-2-9-25-52)74(57-30-14-5-15-31-57)58-41-38-53(39-42-58)61-32-16-17-33-62(61)54-40-45-67-66-35-19-21-37-71(66)75(72(67)48-54)60-44-47-65-64-34-18-20-36-69(64)73(70(65)50-60,55-26-10-3-11-27-55)56-28-12-4-13-29-56/h1-50H. The van der Waals surface area contributed by atoms with E-state index in [1.165, 1.54) is 94.1 Å². The van der Waals surface area contributed by atoms with Crippen LogP contribution in [0.1, 0.15) is 22.3 Å². The van der Waals surface area contributed by atoms with Crippen molar-refractivity contribution in [2.75, 3.05) is 4.90 Å². The van der Waals surface area contributed by atoms with Gasteiger partial charge in [-0.25, -0.2) is 0 Å². The van der Waals surface area contributed by atoms with E-state index in [9.17, 15) is 0 Å². The normalized spacial score (nSPS) is 12.4. The molecule has 0 radical (unpaired) electrons. The third kappa shape index (κ3) is 7.33. The molecule has 1 heterocycles. The molecule has 12 aromatic carbocycles. The first-order chi connectivity index (χ1) is 37.2. The van der Waals surface area contributed by atoms with Gasteiger partial charge in [0.2, 0.25) is 0 Å². The van der Waals surface area contributed by atoms with E-state index in [4.69, 9.17) is 0 Å². The first kappa shape index (κ1) is 44.0. The summed E-state index contributed by atoms with van der Waals surface area (Å²) in [6, 6.07) is 111. The van der Waals surface area contributed by atoms with Crippen LogP contribution < -0.4 is 4.90 Å². The third-order valence-electron chi connectivity index (χ3n) is 15.5. The van der Waals surface area contributed by atoms with Crippen molar-refractivity contribution in [2.45, 2.75) is 5.41 Å². The Morgan fingerprint density at radius 2 is 0.707 bits per heavy atom. The lowest BCUT2D eigenvalue weighted by Crippen LogP contribution is -2.28. The fourth-order valence-electron chi connectivity index (χ4n) is 12.2. The molecule has 1 aliphatic carbocycles. The molecule has 0 unspecified atom stereocenters. The van der Waals surface area contributed by atoms with E-state index in [-0.39, 0.29) is 0 Å². The Labute approximate surface area is 438 Å². The molecule has 352 valence electrons. The van der Waals surface area contributed by atoms with E-state index in [2.05, 4.69) is 313 Å². The van der Waals surface area contributed by atoms with Crippen molar-refractivity contribution in [3.63, 3.8) is 0 Å². The Balaban J connectivity index is 0.886. The predicted octanol–water partition coefficient (Wildman–Crippen LogP) is 19.3. The molecule has 0 aliphatic heterocycles. The number of aromatic nitrogens is 1. The molecule has 0 saturated heterocycles. The zero-order chi connectivity index (χ0) is 49.7. The molecule has 2 nitrogen and oxygen atoms in total. The van der Waals surface area contributed by atoms with Gasteiger partial charge in [-0.05, 0) is 139 Å². The Hall–Kier alpha value is -9.76. The second kappa shape index (κ2) is 18.4. The summed E-state index contributed by atoms with van der Waals surface area (Å²) in [5.74, 6) is 0. The van der Waals surface area contributed by atoms with Crippen LogP contribution in [-0.4, -0.2) is 4.57 Å². The fourth-order valence-corrected chi connectivity index (χ4v) is 12.2. The van der Waals surface area contributed by atoms with Gasteiger partial charge >= 0.3 is 0 Å². The Bertz CT molecular complexity index is 4160. The summed E-state index contributed by atoms with van der Waals surface area (Å²) < 4.78 is 2.49. The summed E-state index contributed by atoms with van der Waals surface area (Å²) in [5, 5.41) is 2.46. The van der Waals surface area contributed by atoms with Gasteiger partial charge in [0.15, 0.2) is 0 Å². The number of nitrogens with zero attached hydrogens (tertiary/aromatic N) is 2. The largest absolute Gasteiger partial charge is 0.310 e. The molecule has 0 bridgehead atoms. The van der Waals surface area contributed by atoms with Gasteiger partial charge in [0.1, 0.15) is 0 Å². The van der Waals surface area contributed by atoms with Gasteiger partial charge in [0.05, 0.1) is 16.4 Å². The van der Waals surface area contributed by atoms with Crippen LogP contribution in [0.5, 0.6) is 0 Å². The topological polar surface area (TPSA) is 8.17 Å². The van der Waals surface area contributed by atoms with Gasteiger partial charge in [0.25, 0.3) is 0 Å². The van der Waals surface area contributed by atoms with E-state index in [0.717, 1.165) is 28.3 Å². The van der Waals surface area contributed by atoms with E-state index in [0.29, 0.717) is 0 Å². The van der Waals surface area contributed by atoms with Crippen molar-refractivity contribution in [1.29, 1.82) is 0 Å². The zero-order valence-electron chi connectivity index (χ0n) is 41.3. The average Bonchev–Trinajstić information content (AvgIpc) is 4.05. The predicted molar refractivity (Wildman–Crippen MR) is 315 cm³/mol. The van der Waals surface area contributed by atoms with E-state index in [1.54, 1.807) is 0 Å². The minimum atomic E-state index is -0.501. The number of hydrogen-bond acceptors (Lipinski definition) is 1. The monoisotopic (exact) mass is 954 g/mol. The van der Waals surface area contributed by atoms with Gasteiger partial charge in [-0.1, -0.05) is 243 Å². The molecule has 0 fully saturated rings. The van der Waals surface area contributed by atoms with Crippen LogP contribution >= 0.6 is 0 Å². The fraction of sp³-hybridized carbons (Fsp3) is 0.0137. The number of para-hydroxylation sites is 2. The highest BCUT2D eigenvalue weighted by Crippen LogP contribution is 2.57. The maximum Gasteiger partial charge on any atom is 0.0714 e. The molecule has 1 aromatic heterocycles. The number of rotatable bonds is 10. The van der Waals surface area contributed by atoms with Crippen molar-refractivity contribution >= 4 is 38.9 Å². The van der Waals surface area contributed by atoms with E-state index < -0.39 is 5.41 Å². The summed E-state index contributed by atoms with van der Waals surface area (Å²) in [7, 11) is 0. The second-order valence-corrected chi connectivity index (χ2v) is 19.6. The molecule has 0 N–H and O–H groups in total. The highest BCUT2D eigenvalue weighted by Gasteiger charge is 2.46. The van der Waals surface area contributed by atoms with Gasteiger partial charge in [-0.15, -0.1) is 0 Å². The van der Waals surface area contributed by atoms with Crippen LogP contribution in [0.4, 0.5) is 17.1 Å². The van der Waals surface area contributed by atoms with Crippen molar-refractivity contribution in [3.8, 4) is 61.3 Å². The van der Waals surface area contributed by atoms with Crippen molar-refractivity contribution in [2.24, 2.45) is 0 Å². The van der Waals surface area contributed by atoms with Crippen LogP contribution in [0.15, 0.2) is 303 Å². The Kier molecular flexibility index (Phi) is 10.8. The highest BCUT2D eigenvalue weighted by molar-refractivity contribution is 6.10. The lowest BCUT2D eigenvalue weighted by Gasteiger charge is -2.34. The molecule has 13 aromatic rings. The summed E-state index contributed by atoms with van der Waals surface area (Å²) >= 11 is 0. The summed E-state index contributed by atoms with van der Waals surface area (Å²) in [6.45, 7) is 0. The number of hydrogen-bond donors (Lipinski definition) is 0. The van der Waals surface area contributed by atoms with Crippen molar-refractivity contribution in [3.05, 3.63) is 326 Å². The zero-order valence-corrected chi connectivity index (χ0v) is 41.3. The number of fused-ring (bicyclic) bond motifs is 6. The smallest absolute Gasteiger partial charge is 0.0714 e. The maximum atomic E-state index is 2.49. The van der Waals surface area contributed by atoms with Crippen molar-refractivity contribution < 1.29 is 0 Å². The summed E-state index contributed by atoms with van der Waals surface area (Å²) in [4.78, 5) is 2.37. The minimum Gasteiger partial charge on any atom is -0.310 e. The molecular formula is C73H50N2. The Morgan fingerprint density at radius 1 is 0.253 bits per heavy atom. The van der Waals surface area contributed by atoms with Crippen LogP contribution in [-0.2, 0) is 5.41 Å². The molecule has 0 saturated carbocycles. The van der Waals surface area contributed by atoms with E-state index in [1.807, 2.05) is 0 Å². The van der Waals surface area contributed by atoms with E-state index >= 15 is 0 Å². The quantitative estimate of drug-likeness (QED) is 0.133. The molecule has 2 heteroatoms. The lowest BCUT2D eigenvalue weighted by atomic mass is 9.67. The Morgan fingerprint density at radius 3 is 1.39 bits per heavy atom. The maximum absolute atomic E-state index is 2.49. The molecular weight excluding hydrogens is 905 g/mol. The number of anilines is 3. The lowest BCUT2D eigenvalue weighted by molar-refractivity contribution is 0.767. The van der Waals surface area contributed by atoms with Crippen LogP contribution in [0.2, 0.25) is 0 Å². The second-order valence-electron chi connectivity index (χ2n) is 19.6. The molecule has 0 amide bonds. The molecule has 1 aliphatic rings. The average molecular weight is 955 g/mol. The molecule has 75 heavy (non-hydrogen) atoms. The third-order valence-corrected chi connectivity index (χ3v) is 15.5. The van der Waals surface area contributed by atoms with Crippen LogP contribution in [0.3, 0.4) is 0 Å². The molecule has 14 rings (SSSR count). The molecule has 0 atom stereocenters. The highest BCUT2D eigenvalue weighted by atomic mass is 15.1. The van der Waals surface area contributed by atoms with Gasteiger partial charge in [-0.3, -0.25) is 0 Å². The molecule has 0 spiro atoms. The minimum absolute atomic E-state index is 0.501. The van der Waals surface area contributed by atoms with Gasteiger partial charge in [-0.2, -0.15) is 0 Å². The van der Waals surface area contributed by atoms with Gasteiger partial charge in [0, 0.05) is 33.5 Å². The first-order valence-corrected chi connectivity index (χ1v) is 25.9. The SMILES string of the molecule is c1ccc(-c2ccc(N(c3ccccc3)c3ccc(-c4ccccc4-c4ccc5c6ccccc6n(-c6ccc7c(c6)C(c6ccccc6)(c6ccccc6)c6ccccc6-7)c5c4)cc3)cc2-c2ccccc2)cc1. The van der Waals surface area contributed by atoms with Crippen LogP contribution in [0.25, 0.3) is 83.1 Å². The summed E-state index contributed by atoms with van der Waals surface area (Å²) in [6.07, 6.45) is 0.